The maximum Gasteiger partial charge on any atom is 0.117 e. The zero-order valence-electron chi connectivity index (χ0n) is 15.2. The summed E-state index contributed by atoms with van der Waals surface area (Å²) in [4.78, 5) is 0. The molecule has 1 rings (SSSR count). The predicted octanol–water partition coefficient (Wildman–Crippen LogP) is 7.42. The molecule has 1 fully saturated rings. The van der Waals surface area contributed by atoms with Gasteiger partial charge in [0.05, 0.1) is 0 Å². The summed E-state index contributed by atoms with van der Waals surface area (Å²) >= 11 is 0. The van der Waals surface area contributed by atoms with Crippen LogP contribution in [0.15, 0.2) is 0 Å². The molecular formula is C20H40B. The van der Waals surface area contributed by atoms with Crippen molar-refractivity contribution in [3.05, 3.63) is 0 Å². The molecule has 1 heteroatoms. The fourth-order valence-corrected chi connectivity index (χ4v) is 3.81. The Morgan fingerprint density at radius 1 is 0.810 bits per heavy atom. The van der Waals surface area contributed by atoms with Crippen molar-refractivity contribution >= 4 is 7.28 Å². The Bertz CT molecular complexity index is 216. The second kappa shape index (κ2) is 12.6. The van der Waals surface area contributed by atoms with Crippen LogP contribution in [0.5, 0.6) is 0 Å². The summed E-state index contributed by atoms with van der Waals surface area (Å²) in [5, 5.41) is 0. The highest BCUT2D eigenvalue weighted by atomic mass is 14.1. The van der Waals surface area contributed by atoms with Gasteiger partial charge >= 0.3 is 0 Å². The van der Waals surface area contributed by atoms with E-state index < -0.39 is 0 Å². The summed E-state index contributed by atoms with van der Waals surface area (Å²) in [5.41, 5.74) is 0. The van der Waals surface area contributed by atoms with Crippen molar-refractivity contribution in [2.75, 3.05) is 0 Å². The lowest BCUT2D eigenvalue weighted by molar-refractivity contribution is 0.491. The highest BCUT2D eigenvalue weighted by molar-refractivity contribution is 6.39. The number of unbranched alkanes of at least 4 members (excludes halogenated alkanes) is 3. The lowest BCUT2D eigenvalue weighted by Crippen LogP contribution is -2.12. The maximum atomic E-state index is 2.76. The summed E-state index contributed by atoms with van der Waals surface area (Å²) in [6.07, 6.45) is 20.4. The van der Waals surface area contributed by atoms with Gasteiger partial charge in [0, 0.05) is 0 Å². The first kappa shape index (κ1) is 19.1. The molecule has 0 nitrogen and oxygen atoms in total. The third-order valence-electron chi connectivity index (χ3n) is 5.32. The van der Waals surface area contributed by atoms with Gasteiger partial charge in [-0.05, 0) is 5.92 Å². The Hall–Kier alpha value is 0.0649. The molecule has 21 heavy (non-hydrogen) atoms. The zero-order valence-corrected chi connectivity index (χ0v) is 15.2. The highest BCUT2D eigenvalue weighted by Gasteiger charge is 2.17. The van der Waals surface area contributed by atoms with Crippen molar-refractivity contribution in [1.82, 2.24) is 0 Å². The Balaban J connectivity index is 2.09. The predicted molar refractivity (Wildman–Crippen MR) is 98.4 cm³/mol. The van der Waals surface area contributed by atoms with E-state index in [4.69, 9.17) is 0 Å². The molecule has 1 aliphatic rings. The van der Waals surface area contributed by atoms with Crippen molar-refractivity contribution < 1.29 is 0 Å². The molecule has 0 aromatic heterocycles. The zero-order chi connectivity index (χ0) is 15.3. The van der Waals surface area contributed by atoms with Crippen LogP contribution in [0, 0.1) is 5.92 Å². The lowest BCUT2D eigenvalue weighted by atomic mass is 9.50. The number of hydrogen-bond acceptors (Lipinski definition) is 0. The van der Waals surface area contributed by atoms with Crippen molar-refractivity contribution in [3.8, 4) is 0 Å². The van der Waals surface area contributed by atoms with Crippen LogP contribution >= 0.6 is 0 Å². The summed E-state index contributed by atoms with van der Waals surface area (Å²) in [6.45, 7) is 7.08. The largest absolute Gasteiger partial charge is 0.117 e. The molecule has 0 aromatic rings. The van der Waals surface area contributed by atoms with Crippen molar-refractivity contribution in [1.29, 1.82) is 0 Å². The molecule has 1 aliphatic carbocycles. The van der Waals surface area contributed by atoms with Crippen LogP contribution in [0.25, 0.3) is 0 Å². The summed E-state index contributed by atoms with van der Waals surface area (Å²) < 4.78 is 0. The first-order valence-corrected chi connectivity index (χ1v) is 10.1. The number of hydrogen-bond donors (Lipinski definition) is 0. The fraction of sp³-hybridized carbons (Fsp3) is 1.00. The van der Waals surface area contributed by atoms with Gasteiger partial charge in [-0.2, -0.15) is 0 Å². The van der Waals surface area contributed by atoms with E-state index in [0.717, 1.165) is 17.6 Å². The van der Waals surface area contributed by atoms with Crippen LogP contribution < -0.4 is 0 Å². The fourth-order valence-electron chi connectivity index (χ4n) is 3.81. The molecule has 0 heterocycles. The molecule has 0 amide bonds. The second-order valence-corrected chi connectivity index (χ2v) is 7.85. The molecule has 0 saturated heterocycles. The van der Waals surface area contributed by atoms with Crippen molar-refractivity contribution in [3.63, 3.8) is 0 Å². The normalized spacial score (nSPS) is 19.2. The van der Waals surface area contributed by atoms with E-state index in [2.05, 4.69) is 28.1 Å². The first-order valence-electron chi connectivity index (χ1n) is 10.1. The third-order valence-corrected chi connectivity index (χ3v) is 5.32. The SMILES string of the molecule is CCC([B]C1CCCCCCC1)CCCCCCC(C)C. The van der Waals surface area contributed by atoms with E-state index in [9.17, 15) is 0 Å². The monoisotopic (exact) mass is 291 g/mol. The molecule has 0 bridgehead atoms. The minimum Gasteiger partial charge on any atom is -0.0688 e. The first-order chi connectivity index (χ1) is 10.2. The van der Waals surface area contributed by atoms with Gasteiger partial charge in [-0.3, -0.25) is 0 Å². The van der Waals surface area contributed by atoms with Gasteiger partial charge in [-0.25, -0.2) is 0 Å². The van der Waals surface area contributed by atoms with E-state index >= 15 is 0 Å². The van der Waals surface area contributed by atoms with Crippen LogP contribution in [0.2, 0.25) is 11.6 Å². The summed E-state index contributed by atoms with van der Waals surface area (Å²) in [7, 11) is 2.76. The van der Waals surface area contributed by atoms with E-state index in [-0.39, 0.29) is 0 Å². The molecule has 1 saturated carbocycles. The topological polar surface area (TPSA) is 0 Å². The maximum absolute atomic E-state index is 2.76. The lowest BCUT2D eigenvalue weighted by Gasteiger charge is -2.23. The van der Waals surface area contributed by atoms with E-state index in [1.165, 1.54) is 89.9 Å². The Labute approximate surface area is 136 Å². The van der Waals surface area contributed by atoms with E-state index in [0.29, 0.717) is 0 Å². The van der Waals surface area contributed by atoms with Gasteiger partial charge in [-0.15, -0.1) is 0 Å². The van der Waals surface area contributed by atoms with Gasteiger partial charge in [0.25, 0.3) is 0 Å². The average molecular weight is 291 g/mol. The second-order valence-electron chi connectivity index (χ2n) is 7.85. The molecule has 0 aromatic carbocycles. The standard InChI is InChI=1S/C20H40B/c1-4-19(15-11-9-8-10-14-18(2)3)21-20-16-12-6-5-7-13-17-20/h18-20H,4-17H2,1-3H3. The average Bonchev–Trinajstić information content (AvgIpc) is 2.43. The molecule has 0 N–H and O–H groups in total. The van der Waals surface area contributed by atoms with Crippen molar-refractivity contribution in [2.45, 2.75) is 122 Å². The van der Waals surface area contributed by atoms with Crippen molar-refractivity contribution in [2.24, 2.45) is 5.92 Å². The summed E-state index contributed by atoms with van der Waals surface area (Å²) in [5.74, 6) is 2.73. The minimum atomic E-state index is 0.890. The minimum absolute atomic E-state index is 0.890. The van der Waals surface area contributed by atoms with Gasteiger partial charge in [-0.1, -0.05) is 122 Å². The molecule has 0 spiro atoms. The molecule has 0 aliphatic heterocycles. The van der Waals surface area contributed by atoms with E-state index in [1.807, 2.05) is 0 Å². The van der Waals surface area contributed by atoms with Gasteiger partial charge in [0.1, 0.15) is 7.28 Å². The van der Waals surface area contributed by atoms with Crippen LogP contribution in [0.1, 0.15) is 111 Å². The summed E-state index contributed by atoms with van der Waals surface area (Å²) in [6, 6.07) is 0. The van der Waals surface area contributed by atoms with Crippen LogP contribution in [0.3, 0.4) is 0 Å². The highest BCUT2D eigenvalue weighted by Crippen LogP contribution is 2.32. The smallest absolute Gasteiger partial charge is 0.0688 e. The molecule has 1 atom stereocenters. The molecular weight excluding hydrogens is 251 g/mol. The Morgan fingerprint density at radius 3 is 1.95 bits per heavy atom. The van der Waals surface area contributed by atoms with Crippen LogP contribution in [0.4, 0.5) is 0 Å². The van der Waals surface area contributed by atoms with Gasteiger partial charge in [0.2, 0.25) is 0 Å². The van der Waals surface area contributed by atoms with Crippen LogP contribution in [-0.2, 0) is 0 Å². The number of rotatable bonds is 10. The molecule has 1 unspecified atom stereocenters. The molecule has 123 valence electrons. The quantitative estimate of drug-likeness (QED) is 0.290. The third kappa shape index (κ3) is 10.4. The molecule has 1 radical (unpaired) electrons. The Morgan fingerprint density at radius 2 is 1.38 bits per heavy atom. The van der Waals surface area contributed by atoms with Gasteiger partial charge < -0.3 is 0 Å². The van der Waals surface area contributed by atoms with Gasteiger partial charge in [0.15, 0.2) is 0 Å². The Kier molecular flexibility index (Phi) is 11.5. The van der Waals surface area contributed by atoms with E-state index in [1.54, 1.807) is 0 Å². The van der Waals surface area contributed by atoms with Crippen LogP contribution in [-0.4, -0.2) is 7.28 Å².